The van der Waals surface area contributed by atoms with Crippen molar-refractivity contribution in [2.75, 3.05) is 6.54 Å². The molecule has 0 aliphatic heterocycles. The van der Waals surface area contributed by atoms with Gasteiger partial charge in [0.25, 0.3) is 0 Å². The van der Waals surface area contributed by atoms with Gasteiger partial charge in [-0.15, -0.1) is 0 Å². The highest BCUT2D eigenvalue weighted by Crippen LogP contribution is 2.16. The molecule has 0 aliphatic rings. The fourth-order valence-corrected chi connectivity index (χ4v) is 1.53. The van der Waals surface area contributed by atoms with Crippen molar-refractivity contribution in [3.05, 3.63) is 36.2 Å². The van der Waals surface area contributed by atoms with Crippen molar-refractivity contribution in [3.8, 4) is 11.4 Å². The molecule has 4 heteroatoms. The zero-order chi connectivity index (χ0) is 10.7. The summed E-state index contributed by atoms with van der Waals surface area (Å²) >= 11 is 0. The maximum atomic E-state index is 5.53. The Morgan fingerprint density at radius 1 is 1.27 bits per heavy atom. The highest BCUT2D eigenvalue weighted by Gasteiger charge is 2.07. The second kappa shape index (κ2) is 4.23. The summed E-state index contributed by atoms with van der Waals surface area (Å²) in [5, 5.41) is 4.30. The van der Waals surface area contributed by atoms with Crippen molar-refractivity contribution in [2.24, 2.45) is 5.73 Å². The Bertz CT molecular complexity index is 433. The number of aromatic nitrogens is 3. The van der Waals surface area contributed by atoms with Gasteiger partial charge in [0.05, 0.1) is 6.54 Å². The summed E-state index contributed by atoms with van der Waals surface area (Å²) in [5.74, 6) is 1.67. The lowest BCUT2D eigenvalue weighted by Crippen LogP contribution is -2.12. The van der Waals surface area contributed by atoms with Crippen LogP contribution >= 0.6 is 0 Å². The first-order valence-corrected chi connectivity index (χ1v) is 4.98. The van der Waals surface area contributed by atoms with Gasteiger partial charge < -0.3 is 5.73 Å². The summed E-state index contributed by atoms with van der Waals surface area (Å²) in [5.41, 5.74) is 6.60. The molecule has 0 spiro atoms. The summed E-state index contributed by atoms with van der Waals surface area (Å²) < 4.78 is 1.85. The molecular formula is C11H14N4. The highest BCUT2D eigenvalue weighted by atomic mass is 15.3. The Kier molecular flexibility index (Phi) is 2.78. The van der Waals surface area contributed by atoms with E-state index < -0.39 is 0 Å². The van der Waals surface area contributed by atoms with E-state index in [4.69, 9.17) is 5.73 Å². The zero-order valence-corrected chi connectivity index (χ0v) is 8.72. The van der Waals surface area contributed by atoms with Crippen LogP contribution in [0.15, 0.2) is 30.3 Å². The predicted octanol–water partition coefficient (Wildman–Crippen LogP) is 1.21. The van der Waals surface area contributed by atoms with Crippen molar-refractivity contribution in [3.63, 3.8) is 0 Å². The first-order valence-electron chi connectivity index (χ1n) is 4.98. The number of nitrogens with two attached hydrogens (primary N) is 1. The number of hydrogen-bond acceptors (Lipinski definition) is 3. The van der Waals surface area contributed by atoms with E-state index in [0.29, 0.717) is 13.1 Å². The molecule has 0 aliphatic carbocycles. The molecule has 78 valence electrons. The number of aryl methyl sites for hydroxylation is 1. The van der Waals surface area contributed by atoms with Crippen LogP contribution in [0.5, 0.6) is 0 Å². The minimum Gasteiger partial charge on any atom is -0.329 e. The van der Waals surface area contributed by atoms with Crippen molar-refractivity contribution < 1.29 is 0 Å². The van der Waals surface area contributed by atoms with E-state index in [2.05, 4.69) is 10.1 Å². The van der Waals surface area contributed by atoms with Crippen molar-refractivity contribution in [2.45, 2.75) is 13.5 Å². The smallest absolute Gasteiger partial charge is 0.158 e. The monoisotopic (exact) mass is 202 g/mol. The van der Waals surface area contributed by atoms with Gasteiger partial charge in [-0.2, -0.15) is 5.10 Å². The third kappa shape index (κ3) is 2.05. The van der Waals surface area contributed by atoms with Gasteiger partial charge in [0.1, 0.15) is 5.82 Å². The van der Waals surface area contributed by atoms with Crippen LogP contribution in [0.2, 0.25) is 0 Å². The molecule has 0 atom stereocenters. The Labute approximate surface area is 88.8 Å². The van der Waals surface area contributed by atoms with Gasteiger partial charge in [-0.25, -0.2) is 9.67 Å². The van der Waals surface area contributed by atoms with Gasteiger partial charge in [0, 0.05) is 12.1 Å². The Morgan fingerprint density at radius 3 is 2.67 bits per heavy atom. The van der Waals surface area contributed by atoms with Crippen molar-refractivity contribution in [1.82, 2.24) is 14.8 Å². The highest BCUT2D eigenvalue weighted by molar-refractivity contribution is 5.54. The molecule has 4 nitrogen and oxygen atoms in total. The van der Waals surface area contributed by atoms with E-state index in [9.17, 15) is 0 Å². The van der Waals surface area contributed by atoms with Crippen LogP contribution in [0.1, 0.15) is 5.82 Å². The number of hydrogen-bond donors (Lipinski definition) is 1. The van der Waals surface area contributed by atoms with Gasteiger partial charge in [-0.05, 0) is 6.92 Å². The van der Waals surface area contributed by atoms with Crippen LogP contribution in [-0.4, -0.2) is 21.3 Å². The number of nitrogens with zero attached hydrogens (tertiary/aromatic N) is 3. The maximum absolute atomic E-state index is 5.53. The summed E-state index contributed by atoms with van der Waals surface area (Å²) in [6.07, 6.45) is 0. The minimum absolute atomic E-state index is 0.572. The molecule has 2 aromatic rings. The normalized spacial score (nSPS) is 10.5. The first-order chi connectivity index (χ1) is 7.31. The summed E-state index contributed by atoms with van der Waals surface area (Å²) in [6, 6.07) is 10.0. The quantitative estimate of drug-likeness (QED) is 0.814. The molecule has 0 bridgehead atoms. The zero-order valence-electron chi connectivity index (χ0n) is 8.72. The molecule has 0 saturated heterocycles. The lowest BCUT2D eigenvalue weighted by atomic mass is 10.2. The largest absolute Gasteiger partial charge is 0.329 e. The molecule has 2 N–H and O–H groups in total. The fraction of sp³-hybridized carbons (Fsp3) is 0.273. The standard InChI is InChI=1S/C11H14N4/c1-9-13-11(15(14-9)8-7-12)10-5-3-2-4-6-10/h2-6H,7-8,12H2,1H3. The molecule has 0 radical (unpaired) electrons. The second-order valence-corrected chi connectivity index (χ2v) is 3.36. The van der Waals surface area contributed by atoms with E-state index in [-0.39, 0.29) is 0 Å². The SMILES string of the molecule is Cc1nc(-c2ccccc2)n(CCN)n1. The van der Waals surface area contributed by atoms with Crippen molar-refractivity contribution in [1.29, 1.82) is 0 Å². The minimum atomic E-state index is 0.572. The summed E-state index contributed by atoms with van der Waals surface area (Å²) in [6.45, 7) is 3.16. The molecule has 1 aromatic heterocycles. The number of benzene rings is 1. The lowest BCUT2D eigenvalue weighted by Gasteiger charge is -2.03. The van der Waals surface area contributed by atoms with Crippen LogP contribution < -0.4 is 5.73 Å². The summed E-state index contributed by atoms with van der Waals surface area (Å²) in [4.78, 5) is 4.40. The van der Waals surface area contributed by atoms with Crippen LogP contribution in [0.3, 0.4) is 0 Å². The van der Waals surface area contributed by atoms with Gasteiger partial charge in [0.15, 0.2) is 5.82 Å². The van der Waals surface area contributed by atoms with Crippen molar-refractivity contribution >= 4 is 0 Å². The Morgan fingerprint density at radius 2 is 2.00 bits per heavy atom. The predicted molar refractivity (Wildman–Crippen MR) is 59.2 cm³/mol. The molecule has 2 rings (SSSR count). The Hall–Kier alpha value is -1.68. The fourth-order valence-electron chi connectivity index (χ4n) is 1.53. The molecule has 1 aromatic carbocycles. The van der Waals surface area contributed by atoms with Gasteiger partial charge in [-0.3, -0.25) is 0 Å². The topological polar surface area (TPSA) is 56.7 Å². The van der Waals surface area contributed by atoms with Crippen LogP contribution in [0, 0.1) is 6.92 Å². The van der Waals surface area contributed by atoms with E-state index >= 15 is 0 Å². The molecular weight excluding hydrogens is 188 g/mol. The average Bonchev–Trinajstić information content (AvgIpc) is 2.62. The van der Waals surface area contributed by atoms with E-state index in [1.54, 1.807) is 0 Å². The van der Waals surface area contributed by atoms with Gasteiger partial charge in [0.2, 0.25) is 0 Å². The molecule has 15 heavy (non-hydrogen) atoms. The molecule has 0 amide bonds. The van der Waals surface area contributed by atoms with Gasteiger partial charge >= 0.3 is 0 Å². The van der Waals surface area contributed by atoms with Crippen LogP contribution in [-0.2, 0) is 6.54 Å². The first kappa shape index (κ1) is 9.86. The second-order valence-electron chi connectivity index (χ2n) is 3.36. The average molecular weight is 202 g/mol. The molecule has 1 heterocycles. The number of rotatable bonds is 3. The maximum Gasteiger partial charge on any atom is 0.158 e. The Balaban J connectivity index is 2.43. The molecule has 0 saturated carbocycles. The summed E-state index contributed by atoms with van der Waals surface area (Å²) in [7, 11) is 0. The van der Waals surface area contributed by atoms with Crippen LogP contribution in [0.25, 0.3) is 11.4 Å². The third-order valence-electron chi connectivity index (χ3n) is 2.15. The lowest BCUT2D eigenvalue weighted by molar-refractivity contribution is 0.626. The van der Waals surface area contributed by atoms with Crippen LogP contribution in [0.4, 0.5) is 0 Å². The van der Waals surface area contributed by atoms with E-state index in [1.807, 2.05) is 41.9 Å². The third-order valence-corrected chi connectivity index (χ3v) is 2.15. The molecule has 0 unspecified atom stereocenters. The van der Waals surface area contributed by atoms with E-state index in [0.717, 1.165) is 17.2 Å². The van der Waals surface area contributed by atoms with E-state index in [1.165, 1.54) is 0 Å². The molecule has 0 fully saturated rings. The van der Waals surface area contributed by atoms with Gasteiger partial charge in [-0.1, -0.05) is 30.3 Å².